The summed E-state index contributed by atoms with van der Waals surface area (Å²) in [6, 6.07) is 30.0. The number of nitriles is 1. The molecule has 6 rings (SSSR count). The van der Waals surface area contributed by atoms with Gasteiger partial charge in [0, 0.05) is 23.2 Å². The van der Waals surface area contributed by atoms with E-state index in [1.165, 1.54) is 11.3 Å². The lowest BCUT2D eigenvalue weighted by atomic mass is 9.80. The molecule has 2 unspecified atom stereocenters. The van der Waals surface area contributed by atoms with E-state index in [0.717, 1.165) is 38.2 Å². The first kappa shape index (κ1) is 41.9. The van der Waals surface area contributed by atoms with Gasteiger partial charge in [-0.2, -0.15) is 5.26 Å². The second-order valence-electron chi connectivity index (χ2n) is 14.3. The number of pyridine rings is 1. The second-order valence-corrected chi connectivity index (χ2v) is 16.7. The molecule has 0 bridgehead atoms. The Morgan fingerprint density at radius 1 is 0.895 bits per heavy atom. The van der Waals surface area contributed by atoms with Crippen molar-refractivity contribution in [1.29, 1.82) is 5.26 Å². The summed E-state index contributed by atoms with van der Waals surface area (Å²) in [4.78, 5) is 24.7. The van der Waals surface area contributed by atoms with E-state index < -0.39 is 20.2 Å². The number of benzene rings is 3. The van der Waals surface area contributed by atoms with Crippen LogP contribution in [-0.4, -0.2) is 64.8 Å². The smallest absolute Gasteiger partial charge is 0.271 e. The van der Waals surface area contributed by atoms with Crippen LogP contribution in [-0.2, 0) is 25.9 Å². The molecule has 0 fully saturated rings. The van der Waals surface area contributed by atoms with Gasteiger partial charge in [-0.05, 0) is 94.1 Å². The first-order valence-electron chi connectivity index (χ1n) is 19.0. The van der Waals surface area contributed by atoms with Crippen molar-refractivity contribution in [3.05, 3.63) is 130 Å². The second kappa shape index (κ2) is 18.7. The summed E-state index contributed by atoms with van der Waals surface area (Å²) in [5.74, 6) is 1.42. The average molecular weight is 808 g/mol. The first-order valence-corrected chi connectivity index (χ1v) is 20.9. The Kier molecular flexibility index (Phi) is 13.7. The lowest BCUT2D eigenvalue weighted by Gasteiger charge is -2.39. The molecule has 0 spiro atoms. The zero-order valence-electron chi connectivity index (χ0n) is 33.8. The van der Waals surface area contributed by atoms with Gasteiger partial charge in [-0.25, -0.2) is 14.6 Å². The Hall–Kier alpha value is -4.73. The molecule has 0 aliphatic rings. The highest BCUT2D eigenvalue weighted by molar-refractivity contribution is 7.44. The van der Waals surface area contributed by atoms with Crippen LogP contribution >= 0.6 is 19.9 Å². The van der Waals surface area contributed by atoms with E-state index >= 15 is 0 Å². The molecule has 6 aromatic rings. The van der Waals surface area contributed by atoms with Gasteiger partial charge in [-0.1, -0.05) is 54.6 Å². The molecule has 3 aromatic heterocycles. The number of methoxy groups -OCH3 is 2. The summed E-state index contributed by atoms with van der Waals surface area (Å²) >= 11 is 1.35. The highest BCUT2D eigenvalue weighted by Gasteiger charge is 2.40. The molecule has 0 aliphatic carbocycles. The molecule has 11 nitrogen and oxygen atoms in total. The van der Waals surface area contributed by atoms with Crippen molar-refractivity contribution in [2.24, 2.45) is 0 Å². The van der Waals surface area contributed by atoms with Crippen molar-refractivity contribution in [2.45, 2.75) is 78.3 Å². The fourth-order valence-corrected chi connectivity index (χ4v) is 10.1. The number of hydrogen-bond donors (Lipinski definition) is 0. The zero-order chi connectivity index (χ0) is 40.7. The summed E-state index contributed by atoms with van der Waals surface area (Å²) in [5, 5.41) is 10.3. The summed E-state index contributed by atoms with van der Waals surface area (Å²) in [6.45, 7) is 12.7. The Morgan fingerprint density at radius 2 is 1.49 bits per heavy atom. The molecule has 3 aromatic carbocycles. The summed E-state index contributed by atoms with van der Waals surface area (Å²) in [6.07, 6.45) is 1.08. The Balaban J connectivity index is 1.49. The van der Waals surface area contributed by atoms with Crippen LogP contribution in [0.4, 0.5) is 0 Å². The molecular formula is C44H50N5O6PS. The van der Waals surface area contributed by atoms with Crippen molar-refractivity contribution >= 4 is 40.3 Å². The van der Waals surface area contributed by atoms with Crippen LogP contribution in [0.1, 0.15) is 62.1 Å². The number of nitrogens with zero attached hydrogens (tertiary/aromatic N) is 5. The van der Waals surface area contributed by atoms with Crippen LogP contribution in [0, 0.1) is 25.2 Å². The molecule has 3 heterocycles. The van der Waals surface area contributed by atoms with Crippen molar-refractivity contribution in [3.63, 3.8) is 0 Å². The minimum absolute atomic E-state index is 0.0359. The molecule has 57 heavy (non-hydrogen) atoms. The molecule has 0 saturated heterocycles. The predicted octanol–water partition coefficient (Wildman–Crippen LogP) is 9.31. The van der Waals surface area contributed by atoms with E-state index in [0.29, 0.717) is 21.7 Å². The molecule has 2 atom stereocenters. The highest BCUT2D eigenvalue weighted by Crippen LogP contribution is 2.48. The summed E-state index contributed by atoms with van der Waals surface area (Å²) in [5.41, 5.74) is 3.85. The van der Waals surface area contributed by atoms with Crippen LogP contribution in [0.25, 0.3) is 20.4 Å². The van der Waals surface area contributed by atoms with Crippen LogP contribution < -0.4 is 15.0 Å². The number of rotatable bonds is 18. The van der Waals surface area contributed by atoms with Gasteiger partial charge in [0.05, 0.1) is 58.3 Å². The number of hydrogen-bond acceptors (Lipinski definition) is 11. The molecular weight excluding hydrogens is 758 g/mol. The van der Waals surface area contributed by atoms with E-state index in [4.69, 9.17) is 33.2 Å². The van der Waals surface area contributed by atoms with Crippen LogP contribution in [0.15, 0.2) is 96.1 Å². The molecule has 0 saturated carbocycles. The fourth-order valence-electron chi connectivity index (χ4n) is 7.18. The summed E-state index contributed by atoms with van der Waals surface area (Å²) in [7, 11) is 1.56. The lowest BCUT2D eigenvalue weighted by molar-refractivity contribution is -0.0386. The fraction of sp³-hybridized carbons (Fsp3) is 0.364. The van der Waals surface area contributed by atoms with Gasteiger partial charge < -0.3 is 23.3 Å². The lowest BCUT2D eigenvalue weighted by Crippen LogP contribution is -2.40. The molecule has 0 radical (unpaired) electrons. The molecule has 0 aliphatic heterocycles. The molecule has 0 amide bonds. The van der Waals surface area contributed by atoms with Crippen LogP contribution in [0.2, 0.25) is 0 Å². The quantitative estimate of drug-likeness (QED) is 0.0472. The van der Waals surface area contributed by atoms with Crippen molar-refractivity contribution in [3.8, 4) is 17.6 Å². The average Bonchev–Trinajstić information content (AvgIpc) is 3.59. The van der Waals surface area contributed by atoms with Crippen LogP contribution in [0.5, 0.6) is 11.5 Å². The first-order chi connectivity index (χ1) is 27.5. The standard InChI is InChI=1S/C44H50N5O6PS/c1-29(2)49(30(3)4)56(54-24-12-23-45)55-38(26-48-28-46-40-39-31(5)25-32(6)47-42(39)57-41(40)43(48)50)27-53-44(33-13-10-9-11-14-33,34-15-19-36(51-7)20-16-34)35-17-21-37(52-8)22-18-35/h9-11,13-22,25,28-30,38H,12,24,26-27H2,1-8H3. The molecule has 298 valence electrons. The van der Waals surface area contributed by atoms with Gasteiger partial charge >= 0.3 is 0 Å². The Bertz CT molecular complexity index is 2310. The summed E-state index contributed by atoms with van der Waals surface area (Å²) < 4.78 is 36.1. The minimum Gasteiger partial charge on any atom is -0.497 e. The minimum atomic E-state index is -1.72. The van der Waals surface area contributed by atoms with Gasteiger partial charge in [0.1, 0.15) is 32.7 Å². The number of aromatic nitrogens is 3. The Morgan fingerprint density at radius 3 is 2.05 bits per heavy atom. The number of thiophene rings is 1. The van der Waals surface area contributed by atoms with E-state index in [2.05, 4.69) is 38.4 Å². The van der Waals surface area contributed by atoms with Crippen molar-refractivity contribution in [1.82, 2.24) is 19.2 Å². The number of fused-ring (bicyclic) bond motifs is 3. The van der Waals surface area contributed by atoms with Gasteiger partial charge in [-0.3, -0.25) is 9.36 Å². The topological polar surface area (TPSA) is 121 Å². The monoisotopic (exact) mass is 807 g/mol. The number of aryl methyl sites for hydroxylation is 2. The third kappa shape index (κ3) is 9.05. The maximum atomic E-state index is 14.4. The number of ether oxygens (including phenoxy) is 3. The third-order valence-corrected chi connectivity index (χ3v) is 12.9. The zero-order valence-corrected chi connectivity index (χ0v) is 35.5. The maximum Gasteiger partial charge on any atom is 0.271 e. The normalized spacial score (nSPS) is 13.1. The molecule has 0 N–H and O–H groups in total. The van der Waals surface area contributed by atoms with Gasteiger partial charge in [0.25, 0.3) is 14.1 Å². The third-order valence-electron chi connectivity index (χ3n) is 9.70. The highest BCUT2D eigenvalue weighted by atomic mass is 32.1. The van der Waals surface area contributed by atoms with Crippen molar-refractivity contribution in [2.75, 3.05) is 27.4 Å². The molecule has 13 heteroatoms. The van der Waals surface area contributed by atoms with E-state index in [1.807, 2.05) is 98.8 Å². The maximum absolute atomic E-state index is 14.4. The SMILES string of the molecule is COc1ccc(C(OCC(Cn2cnc3c(sc4nc(C)cc(C)c43)c2=O)OP(OCCC#N)N(C(C)C)C(C)C)(c2ccccc2)c2ccc(OC)cc2)cc1. The van der Waals surface area contributed by atoms with Gasteiger partial charge in [0.15, 0.2) is 0 Å². The van der Waals surface area contributed by atoms with Gasteiger partial charge in [0.2, 0.25) is 0 Å². The van der Waals surface area contributed by atoms with E-state index in [-0.39, 0.29) is 43.8 Å². The van der Waals surface area contributed by atoms with Gasteiger partial charge in [-0.15, -0.1) is 11.3 Å². The predicted molar refractivity (Wildman–Crippen MR) is 227 cm³/mol. The van der Waals surface area contributed by atoms with E-state index in [9.17, 15) is 10.1 Å². The van der Waals surface area contributed by atoms with Crippen LogP contribution in [0.3, 0.4) is 0 Å². The Labute approximate surface area is 339 Å². The van der Waals surface area contributed by atoms with E-state index in [1.54, 1.807) is 25.1 Å². The van der Waals surface area contributed by atoms with Crippen molar-refractivity contribution < 1.29 is 23.3 Å². The largest absolute Gasteiger partial charge is 0.497 e.